The van der Waals surface area contributed by atoms with Gasteiger partial charge in [0, 0.05) is 16.6 Å². The average Bonchev–Trinajstić information content (AvgIpc) is 2.76. The molecule has 0 saturated heterocycles. The number of nitrogens with zero attached hydrogens (tertiary/aromatic N) is 1. The van der Waals surface area contributed by atoms with Gasteiger partial charge in [-0.25, -0.2) is 0 Å². The molecule has 2 aromatic carbocycles. The number of benzene rings is 2. The first-order valence-electron chi connectivity index (χ1n) is 10.1. The van der Waals surface area contributed by atoms with Crippen LogP contribution in [0.5, 0.6) is 5.75 Å². The Morgan fingerprint density at radius 1 is 1.27 bits per heavy atom. The molecule has 1 aliphatic heterocycles. The molecule has 3 atom stereocenters. The first-order chi connectivity index (χ1) is 14.4. The van der Waals surface area contributed by atoms with E-state index >= 15 is 0 Å². The lowest BCUT2D eigenvalue weighted by molar-refractivity contribution is 0.0946. The second kappa shape index (κ2) is 10.2. The molecule has 160 valence electrons. The van der Waals surface area contributed by atoms with Crippen molar-refractivity contribution >= 4 is 39.0 Å². The van der Waals surface area contributed by atoms with Crippen LogP contribution in [-0.2, 0) is 0 Å². The molecule has 30 heavy (non-hydrogen) atoms. The molecule has 0 aromatic heterocycles. The number of amides is 1. The number of carbonyl (C=O) groups is 1. The minimum absolute atomic E-state index is 0.0407. The molecule has 6 heteroatoms. The van der Waals surface area contributed by atoms with Crippen LogP contribution < -0.4 is 15.0 Å². The predicted molar refractivity (Wildman–Crippen MR) is 130 cm³/mol. The zero-order valence-electron chi connectivity index (χ0n) is 17.9. The molecule has 1 aliphatic rings. The van der Waals surface area contributed by atoms with Gasteiger partial charge in [0.15, 0.2) is 0 Å². The van der Waals surface area contributed by atoms with Crippen molar-refractivity contribution in [1.29, 1.82) is 0 Å². The standard InChI is InChI=1S/C24H29ClN2O2S/c1-5-30(4)15-12-17(2)26-24(28)19-10-11-22-23(16-19)29-14-13-27(22)18(3)20-8-6-7-9-21(20)25/h5-12,15-18H,13-14H2,1-4H3,(H,26,28)/b15-12+/t17-,18-,30?/m1/s1. The SMILES string of the molecule is C/C=S(C)\C=C\[C@@H](C)NC(=O)c1ccc2c(c1)OCCN2[C@H](C)c1ccccc1Cl. The Morgan fingerprint density at radius 2 is 2.03 bits per heavy atom. The van der Waals surface area contributed by atoms with E-state index in [4.69, 9.17) is 16.3 Å². The summed E-state index contributed by atoms with van der Waals surface area (Å²) in [5.74, 6) is 0.623. The third kappa shape index (κ3) is 5.27. The molecular formula is C24H29ClN2O2S. The zero-order chi connectivity index (χ0) is 21.7. The molecule has 0 saturated carbocycles. The molecule has 3 rings (SSSR count). The summed E-state index contributed by atoms with van der Waals surface area (Å²) >= 11 is 6.42. The van der Waals surface area contributed by atoms with Gasteiger partial charge in [-0.15, -0.1) is 0 Å². The van der Waals surface area contributed by atoms with Gasteiger partial charge in [-0.2, -0.15) is 10.5 Å². The summed E-state index contributed by atoms with van der Waals surface area (Å²) in [5, 5.41) is 8.04. The van der Waals surface area contributed by atoms with Crippen LogP contribution in [0.1, 0.15) is 42.7 Å². The fourth-order valence-electron chi connectivity index (χ4n) is 3.43. The number of rotatable bonds is 6. The molecule has 1 heterocycles. The van der Waals surface area contributed by atoms with Crippen molar-refractivity contribution < 1.29 is 9.53 Å². The number of anilines is 1. The zero-order valence-corrected chi connectivity index (χ0v) is 19.5. The van der Waals surface area contributed by atoms with Crippen molar-refractivity contribution in [2.75, 3.05) is 24.3 Å². The maximum Gasteiger partial charge on any atom is 0.251 e. The lowest BCUT2D eigenvalue weighted by Crippen LogP contribution is -2.35. The third-order valence-electron chi connectivity index (χ3n) is 5.26. The van der Waals surface area contributed by atoms with E-state index in [0.29, 0.717) is 12.2 Å². The van der Waals surface area contributed by atoms with E-state index in [9.17, 15) is 4.79 Å². The molecular weight excluding hydrogens is 416 g/mol. The number of fused-ring (bicyclic) bond motifs is 1. The molecule has 1 unspecified atom stereocenters. The molecule has 4 nitrogen and oxygen atoms in total. The van der Waals surface area contributed by atoms with Gasteiger partial charge in [-0.05, 0) is 62.3 Å². The van der Waals surface area contributed by atoms with E-state index in [1.807, 2.05) is 56.3 Å². The van der Waals surface area contributed by atoms with E-state index in [1.54, 1.807) is 0 Å². The van der Waals surface area contributed by atoms with Crippen LogP contribution >= 0.6 is 22.1 Å². The summed E-state index contributed by atoms with van der Waals surface area (Å²) in [6.45, 7) is 7.49. The summed E-state index contributed by atoms with van der Waals surface area (Å²) < 4.78 is 5.89. The molecule has 0 fully saturated rings. The lowest BCUT2D eigenvalue weighted by atomic mass is 10.0. The summed E-state index contributed by atoms with van der Waals surface area (Å²) in [5.41, 5.74) is 2.65. The number of hydrogen-bond acceptors (Lipinski definition) is 3. The van der Waals surface area contributed by atoms with E-state index in [1.165, 1.54) is 0 Å². The maximum atomic E-state index is 12.7. The van der Waals surface area contributed by atoms with Crippen molar-refractivity contribution in [3.63, 3.8) is 0 Å². The third-order valence-corrected chi connectivity index (χ3v) is 6.93. The Bertz CT molecular complexity index is 973. The van der Waals surface area contributed by atoms with E-state index < -0.39 is 0 Å². The topological polar surface area (TPSA) is 41.6 Å². The van der Waals surface area contributed by atoms with Crippen LogP contribution in [0.4, 0.5) is 5.69 Å². The fraction of sp³-hybridized carbons (Fsp3) is 0.333. The van der Waals surface area contributed by atoms with Crippen LogP contribution in [0, 0.1) is 0 Å². The Morgan fingerprint density at radius 3 is 2.77 bits per heavy atom. The molecule has 0 spiro atoms. The van der Waals surface area contributed by atoms with Crippen LogP contribution in [0.25, 0.3) is 0 Å². The van der Waals surface area contributed by atoms with Gasteiger partial charge in [0.1, 0.15) is 12.4 Å². The number of nitrogens with one attached hydrogen (secondary N) is 1. The second-order valence-corrected chi connectivity index (χ2v) is 9.72. The summed E-state index contributed by atoms with van der Waals surface area (Å²) in [6, 6.07) is 13.6. The minimum Gasteiger partial charge on any atom is -0.490 e. The minimum atomic E-state index is -0.105. The fourth-order valence-corrected chi connectivity index (χ4v) is 4.36. The van der Waals surface area contributed by atoms with Crippen molar-refractivity contribution in [1.82, 2.24) is 5.32 Å². The number of hydrogen-bond donors (Lipinski definition) is 1. The quantitative estimate of drug-likeness (QED) is 0.585. The highest BCUT2D eigenvalue weighted by Gasteiger charge is 2.25. The second-order valence-electron chi connectivity index (χ2n) is 7.36. The van der Waals surface area contributed by atoms with Gasteiger partial charge >= 0.3 is 0 Å². The van der Waals surface area contributed by atoms with Gasteiger partial charge < -0.3 is 15.0 Å². The molecule has 0 aliphatic carbocycles. The van der Waals surface area contributed by atoms with E-state index in [2.05, 4.69) is 40.2 Å². The number of ether oxygens (including phenoxy) is 1. The lowest BCUT2D eigenvalue weighted by Gasteiger charge is -2.36. The van der Waals surface area contributed by atoms with Crippen LogP contribution in [0.2, 0.25) is 5.02 Å². The predicted octanol–water partition coefficient (Wildman–Crippen LogP) is 5.65. The largest absolute Gasteiger partial charge is 0.490 e. The molecule has 1 N–H and O–H groups in total. The normalized spacial score (nSPS) is 16.6. The first-order valence-corrected chi connectivity index (χ1v) is 12.2. The maximum absolute atomic E-state index is 12.7. The molecule has 1 amide bonds. The Kier molecular flexibility index (Phi) is 7.62. The van der Waals surface area contributed by atoms with Crippen molar-refractivity contribution in [3.05, 3.63) is 70.1 Å². The Hall–Kier alpha value is -2.24. The van der Waals surface area contributed by atoms with Crippen molar-refractivity contribution in [3.8, 4) is 5.75 Å². The highest BCUT2D eigenvalue weighted by Crippen LogP contribution is 2.39. The average molecular weight is 445 g/mol. The van der Waals surface area contributed by atoms with Gasteiger partial charge in [0.2, 0.25) is 0 Å². The van der Waals surface area contributed by atoms with Gasteiger partial charge in [-0.1, -0.05) is 41.2 Å². The van der Waals surface area contributed by atoms with Gasteiger partial charge in [0.05, 0.1) is 18.3 Å². The summed E-state index contributed by atoms with van der Waals surface area (Å²) in [6.07, 6.45) is 4.17. The molecule has 0 bridgehead atoms. The smallest absolute Gasteiger partial charge is 0.251 e. The summed E-state index contributed by atoms with van der Waals surface area (Å²) in [4.78, 5) is 15.0. The Labute approximate surface area is 186 Å². The van der Waals surface area contributed by atoms with Gasteiger partial charge in [-0.3, -0.25) is 4.79 Å². The highest BCUT2D eigenvalue weighted by molar-refractivity contribution is 8.16. The number of halogens is 1. The monoisotopic (exact) mass is 444 g/mol. The number of carbonyl (C=O) groups excluding carboxylic acids is 1. The summed E-state index contributed by atoms with van der Waals surface area (Å²) in [7, 11) is 0.123. The van der Waals surface area contributed by atoms with E-state index in [-0.39, 0.29) is 28.5 Å². The highest BCUT2D eigenvalue weighted by atomic mass is 35.5. The molecule has 2 aromatic rings. The molecule has 0 radical (unpaired) electrons. The van der Waals surface area contributed by atoms with Crippen LogP contribution in [0.3, 0.4) is 0 Å². The van der Waals surface area contributed by atoms with E-state index in [0.717, 1.165) is 28.6 Å². The van der Waals surface area contributed by atoms with Crippen LogP contribution in [-0.4, -0.2) is 36.7 Å². The Balaban J connectivity index is 1.77. The van der Waals surface area contributed by atoms with Crippen molar-refractivity contribution in [2.24, 2.45) is 0 Å². The van der Waals surface area contributed by atoms with Gasteiger partial charge in [0.25, 0.3) is 5.91 Å². The van der Waals surface area contributed by atoms with Crippen molar-refractivity contribution in [2.45, 2.75) is 32.9 Å². The first kappa shape index (κ1) is 22.4. The van der Waals surface area contributed by atoms with Crippen LogP contribution in [0.15, 0.2) is 53.9 Å².